The number of aromatic amines is 1. The summed E-state index contributed by atoms with van der Waals surface area (Å²) in [6.07, 6.45) is 0.148. The summed E-state index contributed by atoms with van der Waals surface area (Å²) in [7, 11) is 1.63. The van der Waals surface area contributed by atoms with Crippen LogP contribution >= 0.6 is 0 Å². The van der Waals surface area contributed by atoms with Crippen LogP contribution in [-0.4, -0.2) is 29.7 Å². The number of benzene rings is 2. The number of aromatic nitrogens is 2. The van der Waals surface area contributed by atoms with Crippen LogP contribution in [-0.2, 0) is 16.0 Å². The highest BCUT2D eigenvalue weighted by Crippen LogP contribution is 2.28. The minimum absolute atomic E-state index is 0.148. The summed E-state index contributed by atoms with van der Waals surface area (Å²) in [5.74, 6) is 1.22. The number of nitrogens with zero attached hydrogens (tertiary/aromatic N) is 1. The molecule has 5 heteroatoms. The zero-order valence-electron chi connectivity index (χ0n) is 14.3. The fourth-order valence-corrected chi connectivity index (χ4v) is 2.61. The summed E-state index contributed by atoms with van der Waals surface area (Å²) < 4.78 is 10.3. The molecule has 0 aliphatic rings. The van der Waals surface area contributed by atoms with Crippen LogP contribution in [0.3, 0.4) is 0 Å². The third kappa shape index (κ3) is 3.88. The van der Waals surface area contributed by atoms with Crippen LogP contribution < -0.4 is 4.74 Å². The second-order valence-corrected chi connectivity index (χ2v) is 5.49. The molecule has 0 aliphatic carbocycles. The molecule has 1 heterocycles. The van der Waals surface area contributed by atoms with Crippen molar-refractivity contribution in [3.8, 4) is 28.4 Å². The quantitative estimate of drug-likeness (QED) is 0.694. The predicted octanol–water partition coefficient (Wildman–Crippen LogP) is 3.86. The molecule has 1 aromatic heterocycles. The molecule has 0 saturated heterocycles. The van der Waals surface area contributed by atoms with Crippen molar-refractivity contribution in [3.05, 3.63) is 60.3 Å². The minimum atomic E-state index is -0.277. The number of rotatable bonds is 6. The van der Waals surface area contributed by atoms with Gasteiger partial charge in [-0.3, -0.25) is 4.79 Å². The molecule has 0 aliphatic heterocycles. The number of nitrogens with one attached hydrogen (secondary N) is 1. The minimum Gasteiger partial charge on any atom is -0.497 e. The van der Waals surface area contributed by atoms with Gasteiger partial charge >= 0.3 is 5.97 Å². The maximum atomic E-state index is 12.0. The lowest BCUT2D eigenvalue weighted by atomic mass is 10.1. The molecule has 128 valence electrons. The van der Waals surface area contributed by atoms with Crippen LogP contribution in [0.4, 0.5) is 0 Å². The average molecular weight is 336 g/mol. The summed E-state index contributed by atoms with van der Waals surface area (Å²) in [4.78, 5) is 19.9. The first-order valence-corrected chi connectivity index (χ1v) is 8.15. The zero-order chi connectivity index (χ0) is 17.6. The normalized spacial score (nSPS) is 10.5. The van der Waals surface area contributed by atoms with E-state index in [-0.39, 0.29) is 12.4 Å². The van der Waals surface area contributed by atoms with Crippen LogP contribution in [0.15, 0.2) is 54.6 Å². The maximum absolute atomic E-state index is 12.0. The molecule has 3 rings (SSSR count). The average Bonchev–Trinajstić information content (AvgIpc) is 3.06. The van der Waals surface area contributed by atoms with Gasteiger partial charge in [-0.1, -0.05) is 30.3 Å². The maximum Gasteiger partial charge on any atom is 0.311 e. The molecular weight excluding hydrogens is 316 g/mol. The Morgan fingerprint density at radius 1 is 1.04 bits per heavy atom. The van der Waals surface area contributed by atoms with Crippen LogP contribution in [0.1, 0.15) is 12.6 Å². The summed E-state index contributed by atoms with van der Waals surface area (Å²) in [6, 6.07) is 17.4. The van der Waals surface area contributed by atoms with Gasteiger partial charge in [-0.2, -0.15) is 0 Å². The van der Waals surface area contributed by atoms with Crippen LogP contribution in [0.2, 0.25) is 0 Å². The Kier molecular flexibility index (Phi) is 5.14. The third-order valence-electron chi connectivity index (χ3n) is 3.82. The topological polar surface area (TPSA) is 64.2 Å². The van der Waals surface area contributed by atoms with Crippen molar-refractivity contribution < 1.29 is 14.3 Å². The molecule has 0 atom stereocenters. The number of carbonyl (C=O) groups excluding carboxylic acids is 1. The molecule has 25 heavy (non-hydrogen) atoms. The number of ether oxygens (including phenoxy) is 2. The molecule has 5 nitrogen and oxygen atoms in total. The second kappa shape index (κ2) is 7.66. The molecule has 0 bridgehead atoms. The van der Waals surface area contributed by atoms with Crippen molar-refractivity contribution in [2.24, 2.45) is 0 Å². The smallest absolute Gasteiger partial charge is 0.311 e. The van der Waals surface area contributed by atoms with Gasteiger partial charge in [-0.05, 0) is 31.2 Å². The van der Waals surface area contributed by atoms with Gasteiger partial charge in [0.1, 0.15) is 11.6 Å². The van der Waals surface area contributed by atoms with Crippen molar-refractivity contribution in [2.75, 3.05) is 13.7 Å². The lowest BCUT2D eigenvalue weighted by Crippen LogP contribution is -2.08. The molecule has 1 N–H and O–H groups in total. The van der Waals surface area contributed by atoms with E-state index in [1.165, 1.54) is 0 Å². The van der Waals surface area contributed by atoms with E-state index >= 15 is 0 Å². The molecule has 0 unspecified atom stereocenters. The SMILES string of the molecule is CCOC(=O)Cc1[nH]c(-c2ccccc2)nc1-c1ccc(OC)cc1. The number of hydrogen-bond acceptors (Lipinski definition) is 4. The van der Waals surface area contributed by atoms with Crippen LogP contribution in [0, 0.1) is 0 Å². The van der Waals surface area contributed by atoms with E-state index < -0.39 is 0 Å². The molecule has 0 fully saturated rings. The van der Waals surface area contributed by atoms with Gasteiger partial charge in [0, 0.05) is 11.1 Å². The first kappa shape index (κ1) is 16.8. The lowest BCUT2D eigenvalue weighted by molar-refractivity contribution is -0.142. The van der Waals surface area contributed by atoms with Gasteiger partial charge in [0.25, 0.3) is 0 Å². The monoisotopic (exact) mass is 336 g/mol. The Balaban J connectivity index is 2.01. The van der Waals surface area contributed by atoms with Crippen molar-refractivity contribution in [3.63, 3.8) is 0 Å². The highest BCUT2D eigenvalue weighted by Gasteiger charge is 2.17. The molecular formula is C20H20N2O3. The van der Waals surface area contributed by atoms with Gasteiger partial charge in [-0.15, -0.1) is 0 Å². The Morgan fingerprint density at radius 3 is 2.40 bits per heavy atom. The zero-order valence-corrected chi connectivity index (χ0v) is 14.3. The van der Waals surface area contributed by atoms with Gasteiger partial charge in [0.05, 0.1) is 31.5 Å². The van der Waals surface area contributed by atoms with E-state index in [0.29, 0.717) is 6.61 Å². The van der Waals surface area contributed by atoms with Crippen molar-refractivity contribution in [1.29, 1.82) is 0 Å². The van der Waals surface area contributed by atoms with E-state index in [1.54, 1.807) is 14.0 Å². The number of imidazole rings is 1. The predicted molar refractivity (Wildman–Crippen MR) is 96.3 cm³/mol. The van der Waals surface area contributed by atoms with Gasteiger partial charge in [0.15, 0.2) is 0 Å². The number of carbonyl (C=O) groups is 1. The van der Waals surface area contributed by atoms with E-state index in [0.717, 1.165) is 34.1 Å². The Bertz CT molecular complexity index is 839. The number of esters is 1. The summed E-state index contributed by atoms with van der Waals surface area (Å²) >= 11 is 0. The number of hydrogen-bond donors (Lipinski definition) is 1. The molecule has 0 radical (unpaired) electrons. The molecule has 3 aromatic rings. The van der Waals surface area contributed by atoms with E-state index in [4.69, 9.17) is 14.5 Å². The molecule has 0 spiro atoms. The van der Waals surface area contributed by atoms with Crippen molar-refractivity contribution in [2.45, 2.75) is 13.3 Å². The van der Waals surface area contributed by atoms with Crippen molar-refractivity contribution in [1.82, 2.24) is 9.97 Å². The third-order valence-corrected chi connectivity index (χ3v) is 3.82. The van der Waals surface area contributed by atoms with E-state index in [9.17, 15) is 4.79 Å². The summed E-state index contributed by atoms with van der Waals surface area (Å²) in [5.41, 5.74) is 3.36. The first-order valence-electron chi connectivity index (χ1n) is 8.15. The molecule has 0 saturated carbocycles. The largest absolute Gasteiger partial charge is 0.497 e. The molecule has 2 aromatic carbocycles. The highest BCUT2D eigenvalue weighted by atomic mass is 16.5. The van der Waals surface area contributed by atoms with Crippen LogP contribution in [0.25, 0.3) is 22.6 Å². The standard InChI is InChI=1S/C20H20N2O3/c1-3-25-18(23)13-17-19(14-9-11-16(24-2)12-10-14)22-20(21-17)15-7-5-4-6-8-15/h4-12H,3,13H2,1-2H3,(H,21,22). The first-order chi connectivity index (χ1) is 12.2. The Morgan fingerprint density at radius 2 is 1.76 bits per heavy atom. The Hall–Kier alpha value is -3.08. The van der Waals surface area contributed by atoms with E-state index in [2.05, 4.69) is 4.98 Å². The van der Waals surface area contributed by atoms with Crippen molar-refractivity contribution >= 4 is 5.97 Å². The van der Waals surface area contributed by atoms with E-state index in [1.807, 2.05) is 54.6 Å². The Labute approximate surface area is 146 Å². The fraction of sp³-hybridized carbons (Fsp3) is 0.200. The number of methoxy groups -OCH3 is 1. The summed E-state index contributed by atoms with van der Waals surface area (Å²) in [6.45, 7) is 2.15. The van der Waals surface area contributed by atoms with Crippen LogP contribution in [0.5, 0.6) is 5.75 Å². The lowest BCUT2D eigenvalue weighted by Gasteiger charge is -2.04. The van der Waals surface area contributed by atoms with Gasteiger partial charge in [0.2, 0.25) is 0 Å². The van der Waals surface area contributed by atoms with Gasteiger partial charge in [-0.25, -0.2) is 4.98 Å². The number of H-pyrrole nitrogens is 1. The highest BCUT2D eigenvalue weighted by molar-refractivity contribution is 5.77. The van der Waals surface area contributed by atoms with Gasteiger partial charge < -0.3 is 14.5 Å². The summed E-state index contributed by atoms with van der Waals surface area (Å²) in [5, 5.41) is 0. The molecule has 0 amide bonds. The second-order valence-electron chi connectivity index (χ2n) is 5.49. The fourth-order valence-electron chi connectivity index (χ4n) is 2.61.